The number of hydrogen-bond acceptors (Lipinski definition) is 3. The van der Waals surface area contributed by atoms with Crippen molar-refractivity contribution in [2.24, 2.45) is 5.41 Å². The average molecular weight is 418 g/mol. The molecule has 1 saturated carbocycles. The number of carbonyl (C=O) groups excluding carboxylic acids is 2. The zero-order valence-electron chi connectivity index (χ0n) is 16.2. The summed E-state index contributed by atoms with van der Waals surface area (Å²) in [5, 5.41) is 15.4. The summed E-state index contributed by atoms with van der Waals surface area (Å²) >= 11 is 0. The van der Waals surface area contributed by atoms with Crippen LogP contribution in [0.1, 0.15) is 52.9 Å². The van der Waals surface area contributed by atoms with E-state index < -0.39 is 35.2 Å². The third kappa shape index (κ3) is 3.92. The van der Waals surface area contributed by atoms with E-state index in [0.29, 0.717) is 19.3 Å². The van der Waals surface area contributed by atoms with E-state index in [0.717, 1.165) is 23.3 Å². The summed E-state index contributed by atoms with van der Waals surface area (Å²) in [5.41, 5.74) is -0.309. The van der Waals surface area contributed by atoms with Gasteiger partial charge in [0.15, 0.2) is 0 Å². The molecule has 0 radical (unpaired) electrons. The second kappa shape index (κ2) is 7.12. The molecule has 0 heterocycles. The van der Waals surface area contributed by atoms with Crippen molar-refractivity contribution in [3.63, 3.8) is 0 Å². The summed E-state index contributed by atoms with van der Waals surface area (Å²) < 4.78 is 40.1. The topological polar surface area (TPSA) is 78.4 Å². The Morgan fingerprint density at radius 1 is 1.13 bits per heavy atom. The van der Waals surface area contributed by atoms with Crippen molar-refractivity contribution in [2.45, 2.75) is 44.5 Å². The summed E-state index contributed by atoms with van der Waals surface area (Å²) in [5.74, 6) is -1.12. The van der Waals surface area contributed by atoms with Crippen LogP contribution in [0.3, 0.4) is 0 Å². The molecule has 0 unspecified atom stereocenters. The van der Waals surface area contributed by atoms with E-state index in [4.69, 9.17) is 0 Å². The zero-order chi connectivity index (χ0) is 21.7. The molecule has 0 saturated heterocycles. The van der Waals surface area contributed by atoms with Crippen LogP contribution >= 0.6 is 0 Å². The molecule has 5 nitrogen and oxygen atoms in total. The molecule has 8 heteroatoms. The second-order valence-corrected chi connectivity index (χ2v) is 8.23. The van der Waals surface area contributed by atoms with Crippen molar-refractivity contribution < 1.29 is 27.9 Å². The summed E-state index contributed by atoms with van der Waals surface area (Å²) in [6.45, 7) is 1.74. The van der Waals surface area contributed by atoms with E-state index >= 15 is 0 Å². The quantitative estimate of drug-likeness (QED) is 0.706. The monoisotopic (exact) mass is 418 g/mol. The number of anilines is 1. The van der Waals surface area contributed by atoms with Crippen molar-refractivity contribution in [1.29, 1.82) is 0 Å². The predicted octanol–water partition coefficient (Wildman–Crippen LogP) is 3.83. The van der Waals surface area contributed by atoms with Crippen LogP contribution in [0.15, 0.2) is 42.5 Å². The smallest absolute Gasteiger partial charge is 0.390 e. The number of hydrogen-bond donors (Lipinski definition) is 3. The number of fused-ring (bicyclic) bond motifs is 1. The van der Waals surface area contributed by atoms with Crippen LogP contribution in [0.2, 0.25) is 0 Å². The molecule has 0 spiro atoms. The lowest BCUT2D eigenvalue weighted by Crippen LogP contribution is -2.34. The minimum absolute atomic E-state index is 0.0829. The van der Waals surface area contributed by atoms with Crippen LogP contribution < -0.4 is 10.6 Å². The van der Waals surface area contributed by atoms with Gasteiger partial charge in [-0.1, -0.05) is 31.2 Å². The third-order valence-electron chi connectivity index (χ3n) is 5.82. The highest BCUT2D eigenvalue weighted by molar-refractivity contribution is 6.00. The molecular weight excluding hydrogens is 397 g/mol. The van der Waals surface area contributed by atoms with Crippen molar-refractivity contribution in [2.75, 3.05) is 5.32 Å². The lowest BCUT2D eigenvalue weighted by molar-refractivity contribution is -0.137. The fourth-order valence-electron chi connectivity index (χ4n) is 3.66. The molecule has 2 atom stereocenters. The first-order chi connectivity index (χ1) is 14.1. The first-order valence-corrected chi connectivity index (χ1v) is 9.67. The van der Waals surface area contributed by atoms with Crippen LogP contribution in [0, 0.1) is 5.41 Å². The SMILES string of the molecule is CC1(C(=O)Nc2cc(C(=O)N[C@@H]3c4ccccc4C[C@@H]3O)cc(C(F)(F)F)c2)CC1. The molecule has 0 bridgehead atoms. The van der Waals surface area contributed by atoms with Gasteiger partial charge in [0.2, 0.25) is 5.91 Å². The van der Waals surface area contributed by atoms with Crippen molar-refractivity contribution >= 4 is 17.5 Å². The number of halogens is 3. The fourth-order valence-corrected chi connectivity index (χ4v) is 3.66. The molecule has 2 aliphatic carbocycles. The van der Waals surface area contributed by atoms with Gasteiger partial charge in [0.05, 0.1) is 17.7 Å². The number of amides is 2. The van der Waals surface area contributed by atoms with Crippen molar-refractivity contribution in [3.8, 4) is 0 Å². The van der Waals surface area contributed by atoms with E-state index in [1.807, 2.05) is 12.1 Å². The number of rotatable bonds is 4. The Hall–Kier alpha value is -2.87. The molecule has 0 aliphatic heterocycles. The lowest BCUT2D eigenvalue weighted by atomic mass is 10.0. The van der Waals surface area contributed by atoms with Crippen molar-refractivity contribution in [1.82, 2.24) is 5.32 Å². The number of nitrogens with one attached hydrogen (secondary N) is 2. The Bertz CT molecular complexity index is 1010. The third-order valence-corrected chi connectivity index (χ3v) is 5.82. The van der Waals surface area contributed by atoms with Gasteiger partial charge < -0.3 is 15.7 Å². The molecule has 0 aromatic heterocycles. The largest absolute Gasteiger partial charge is 0.416 e. The van der Waals surface area contributed by atoms with Gasteiger partial charge in [-0.3, -0.25) is 9.59 Å². The molecule has 4 rings (SSSR count). The summed E-state index contributed by atoms with van der Waals surface area (Å²) in [4.78, 5) is 25.1. The van der Waals surface area contributed by atoms with E-state index in [2.05, 4.69) is 10.6 Å². The molecule has 1 fully saturated rings. The maximum atomic E-state index is 13.4. The molecule has 30 heavy (non-hydrogen) atoms. The maximum Gasteiger partial charge on any atom is 0.416 e. The number of aliphatic hydroxyl groups is 1. The Kier molecular flexibility index (Phi) is 4.85. The van der Waals surface area contributed by atoms with Crippen molar-refractivity contribution in [3.05, 3.63) is 64.7 Å². The lowest BCUT2D eigenvalue weighted by Gasteiger charge is -2.19. The summed E-state index contributed by atoms with van der Waals surface area (Å²) in [6.07, 6.45) is -3.86. The van der Waals surface area contributed by atoms with Crippen LogP contribution in [0.4, 0.5) is 18.9 Å². The Balaban J connectivity index is 1.61. The van der Waals surface area contributed by atoms with Crippen LogP contribution in [0.25, 0.3) is 0 Å². The normalized spacial score (nSPS) is 21.6. The van der Waals surface area contributed by atoms with Gasteiger partial charge in [0, 0.05) is 23.1 Å². The zero-order valence-corrected chi connectivity index (χ0v) is 16.2. The van der Waals surface area contributed by atoms with Crippen LogP contribution in [0.5, 0.6) is 0 Å². The maximum absolute atomic E-state index is 13.4. The number of aliphatic hydroxyl groups excluding tert-OH is 1. The van der Waals surface area contributed by atoms with E-state index in [9.17, 15) is 27.9 Å². The Morgan fingerprint density at radius 3 is 2.50 bits per heavy atom. The van der Waals surface area contributed by atoms with E-state index in [1.54, 1.807) is 19.1 Å². The molecule has 3 N–H and O–H groups in total. The van der Waals surface area contributed by atoms with Crippen LogP contribution in [-0.2, 0) is 17.4 Å². The van der Waals surface area contributed by atoms with Gasteiger partial charge in [-0.25, -0.2) is 0 Å². The fraction of sp³-hybridized carbons (Fsp3) is 0.364. The van der Waals surface area contributed by atoms with Gasteiger partial charge in [0.1, 0.15) is 0 Å². The highest BCUT2D eigenvalue weighted by Gasteiger charge is 2.45. The highest BCUT2D eigenvalue weighted by Crippen LogP contribution is 2.46. The van der Waals surface area contributed by atoms with Gasteiger partial charge >= 0.3 is 6.18 Å². The number of benzene rings is 2. The summed E-state index contributed by atoms with van der Waals surface area (Å²) in [7, 11) is 0. The highest BCUT2D eigenvalue weighted by atomic mass is 19.4. The van der Waals surface area contributed by atoms with Gasteiger partial charge in [-0.2, -0.15) is 13.2 Å². The minimum atomic E-state index is -4.68. The Morgan fingerprint density at radius 2 is 1.83 bits per heavy atom. The first kappa shape index (κ1) is 20.4. The van der Waals surface area contributed by atoms with Gasteiger partial charge in [-0.15, -0.1) is 0 Å². The van der Waals surface area contributed by atoms with Gasteiger partial charge in [0.25, 0.3) is 5.91 Å². The number of alkyl halides is 3. The van der Waals surface area contributed by atoms with Gasteiger partial charge in [-0.05, 0) is 42.2 Å². The van der Waals surface area contributed by atoms with Crippen LogP contribution in [-0.4, -0.2) is 23.0 Å². The van der Waals surface area contributed by atoms with E-state index in [-0.39, 0.29) is 17.2 Å². The first-order valence-electron chi connectivity index (χ1n) is 9.67. The molecule has 2 aromatic rings. The number of carbonyl (C=O) groups is 2. The molecule has 2 aliphatic rings. The second-order valence-electron chi connectivity index (χ2n) is 8.23. The molecule has 2 amide bonds. The Labute approximate surface area is 171 Å². The average Bonchev–Trinajstić information content (AvgIpc) is 3.36. The molecule has 158 valence electrons. The molecular formula is C22H21F3N2O3. The minimum Gasteiger partial charge on any atom is -0.390 e. The predicted molar refractivity (Wildman–Crippen MR) is 104 cm³/mol. The summed E-state index contributed by atoms with van der Waals surface area (Å²) in [6, 6.07) is 9.26. The standard InChI is InChI=1S/C22H21F3N2O3/c1-21(6-7-21)20(30)26-15-9-13(8-14(11-15)22(23,24)25)19(29)27-18-16-5-3-2-4-12(16)10-17(18)28/h2-5,8-9,11,17-18,28H,6-7,10H2,1H3,(H,26,30)(H,27,29)/t17-,18+/m0/s1. The van der Waals surface area contributed by atoms with E-state index in [1.165, 1.54) is 6.07 Å². The molecule has 2 aromatic carbocycles.